The number of carboxylic acid groups (broad SMARTS) is 1. The van der Waals surface area contributed by atoms with Gasteiger partial charge < -0.3 is 16.2 Å². The summed E-state index contributed by atoms with van der Waals surface area (Å²) in [5.41, 5.74) is 5.46. The first-order chi connectivity index (χ1) is 5.57. The van der Waals surface area contributed by atoms with Crippen molar-refractivity contribution in [2.24, 2.45) is 17.6 Å². The Labute approximate surface area is 73.1 Å². The standard InChI is InChI=1S/C8H18N2O2/c1-6(3-9)7(2)4-10-5-8(11)12/h6-7,10H,3-5,9H2,1-2H3,(H,11,12). The molecule has 2 unspecified atom stereocenters. The molecule has 4 nitrogen and oxygen atoms in total. The summed E-state index contributed by atoms with van der Waals surface area (Å²) in [5, 5.41) is 11.2. The molecule has 0 rings (SSSR count). The van der Waals surface area contributed by atoms with Gasteiger partial charge in [0.05, 0.1) is 6.54 Å². The summed E-state index contributed by atoms with van der Waals surface area (Å²) in [6.07, 6.45) is 0. The Morgan fingerprint density at radius 3 is 2.50 bits per heavy atom. The lowest BCUT2D eigenvalue weighted by Crippen LogP contribution is -2.31. The van der Waals surface area contributed by atoms with Crippen LogP contribution in [0.1, 0.15) is 13.8 Å². The maximum atomic E-state index is 10.1. The number of nitrogens with one attached hydrogen (secondary N) is 1. The summed E-state index contributed by atoms with van der Waals surface area (Å²) in [6, 6.07) is 0. The van der Waals surface area contributed by atoms with Gasteiger partial charge in [0.2, 0.25) is 0 Å². The van der Waals surface area contributed by atoms with Gasteiger partial charge in [-0.1, -0.05) is 13.8 Å². The van der Waals surface area contributed by atoms with E-state index in [1.807, 2.05) is 0 Å². The maximum Gasteiger partial charge on any atom is 0.317 e. The number of rotatable bonds is 6. The van der Waals surface area contributed by atoms with Crippen LogP contribution >= 0.6 is 0 Å². The number of hydrogen-bond acceptors (Lipinski definition) is 3. The van der Waals surface area contributed by atoms with Gasteiger partial charge in [0.1, 0.15) is 0 Å². The molecule has 0 saturated carbocycles. The van der Waals surface area contributed by atoms with Crippen molar-refractivity contribution in [2.75, 3.05) is 19.6 Å². The molecule has 2 atom stereocenters. The SMILES string of the molecule is CC(CN)C(C)CNCC(=O)O. The molecule has 0 spiro atoms. The Kier molecular flexibility index (Phi) is 5.66. The quantitative estimate of drug-likeness (QED) is 0.525. The number of carbonyl (C=O) groups is 1. The van der Waals surface area contributed by atoms with Crippen molar-refractivity contribution < 1.29 is 9.90 Å². The van der Waals surface area contributed by atoms with Gasteiger partial charge in [0.15, 0.2) is 0 Å². The number of hydrogen-bond donors (Lipinski definition) is 3. The lowest BCUT2D eigenvalue weighted by molar-refractivity contribution is -0.136. The highest BCUT2D eigenvalue weighted by Crippen LogP contribution is 2.06. The van der Waals surface area contributed by atoms with Gasteiger partial charge in [-0.05, 0) is 24.9 Å². The van der Waals surface area contributed by atoms with E-state index in [-0.39, 0.29) is 6.54 Å². The molecule has 0 aromatic carbocycles. The van der Waals surface area contributed by atoms with Crippen molar-refractivity contribution in [3.63, 3.8) is 0 Å². The molecule has 0 aromatic heterocycles. The van der Waals surface area contributed by atoms with Gasteiger partial charge in [0.25, 0.3) is 0 Å². The molecule has 0 radical (unpaired) electrons. The second kappa shape index (κ2) is 5.97. The third-order valence-corrected chi connectivity index (χ3v) is 2.09. The van der Waals surface area contributed by atoms with Crippen molar-refractivity contribution in [2.45, 2.75) is 13.8 Å². The molecule has 4 heteroatoms. The number of nitrogens with two attached hydrogens (primary N) is 1. The van der Waals surface area contributed by atoms with Crippen molar-refractivity contribution in [1.82, 2.24) is 5.32 Å². The Morgan fingerprint density at radius 1 is 1.50 bits per heavy atom. The zero-order valence-electron chi connectivity index (χ0n) is 7.71. The topological polar surface area (TPSA) is 75.3 Å². The lowest BCUT2D eigenvalue weighted by atomic mass is 9.96. The van der Waals surface area contributed by atoms with E-state index in [9.17, 15) is 4.79 Å². The van der Waals surface area contributed by atoms with Crippen LogP contribution in [0, 0.1) is 11.8 Å². The van der Waals surface area contributed by atoms with E-state index < -0.39 is 5.97 Å². The van der Waals surface area contributed by atoms with Gasteiger partial charge in [-0.25, -0.2) is 0 Å². The van der Waals surface area contributed by atoms with Crippen LogP contribution < -0.4 is 11.1 Å². The van der Waals surface area contributed by atoms with Gasteiger partial charge in [-0.2, -0.15) is 0 Å². The summed E-state index contributed by atoms with van der Waals surface area (Å²) in [5.74, 6) is 0.0447. The van der Waals surface area contributed by atoms with E-state index in [2.05, 4.69) is 19.2 Å². The minimum Gasteiger partial charge on any atom is -0.480 e. The van der Waals surface area contributed by atoms with Gasteiger partial charge >= 0.3 is 5.97 Å². The van der Waals surface area contributed by atoms with Crippen molar-refractivity contribution in [1.29, 1.82) is 0 Å². The van der Waals surface area contributed by atoms with E-state index in [0.29, 0.717) is 24.9 Å². The highest BCUT2D eigenvalue weighted by Gasteiger charge is 2.09. The zero-order chi connectivity index (χ0) is 9.56. The Balaban J connectivity index is 3.43. The third kappa shape index (κ3) is 5.09. The van der Waals surface area contributed by atoms with Crippen LogP contribution in [-0.2, 0) is 4.79 Å². The minimum absolute atomic E-state index is 0.0294. The van der Waals surface area contributed by atoms with Crippen molar-refractivity contribution in [3.05, 3.63) is 0 Å². The molecular weight excluding hydrogens is 156 g/mol. The largest absolute Gasteiger partial charge is 0.480 e. The van der Waals surface area contributed by atoms with Gasteiger partial charge in [0, 0.05) is 0 Å². The monoisotopic (exact) mass is 174 g/mol. The van der Waals surface area contributed by atoms with E-state index in [0.717, 1.165) is 0 Å². The molecule has 0 aliphatic heterocycles. The van der Waals surface area contributed by atoms with E-state index >= 15 is 0 Å². The molecule has 0 bridgehead atoms. The fourth-order valence-corrected chi connectivity index (χ4v) is 0.840. The molecule has 0 aliphatic carbocycles. The molecule has 4 N–H and O–H groups in total. The second-order valence-corrected chi connectivity index (χ2v) is 3.21. The summed E-state index contributed by atoms with van der Waals surface area (Å²) < 4.78 is 0. The molecule has 0 saturated heterocycles. The van der Waals surface area contributed by atoms with E-state index in [4.69, 9.17) is 10.8 Å². The Hall–Kier alpha value is -0.610. The van der Waals surface area contributed by atoms with Crippen LogP contribution in [0.15, 0.2) is 0 Å². The van der Waals surface area contributed by atoms with Crippen LogP contribution in [0.4, 0.5) is 0 Å². The minimum atomic E-state index is -0.817. The second-order valence-electron chi connectivity index (χ2n) is 3.21. The first kappa shape index (κ1) is 11.4. The predicted octanol–water partition coefficient (Wildman–Crippen LogP) is -0.108. The average molecular weight is 174 g/mol. The summed E-state index contributed by atoms with van der Waals surface area (Å²) in [6.45, 7) is 5.52. The smallest absolute Gasteiger partial charge is 0.317 e. The average Bonchev–Trinajstić information content (AvgIpc) is 2.02. The van der Waals surface area contributed by atoms with Gasteiger partial charge in [-0.3, -0.25) is 4.79 Å². The first-order valence-electron chi connectivity index (χ1n) is 4.20. The fourth-order valence-electron chi connectivity index (χ4n) is 0.840. The maximum absolute atomic E-state index is 10.1. The fraction of sp³-hybridized carbons (Fsp3) is 0.875. The molecular formula is C8H18N2O2. The molecule has 0 aliphatic rings. The van der Waals surface area contributed by atoms with Crippen molar-refractivity contribution >= 4 is 5.97 Å². The van der Waals surface area contributed by atoms with E-state index in [1.54, 1.807) is 0 Å². The summed E-state index contributed by atoms with van der Waals surface area (Å²) in [7, 11) is 0. The molecule has 0 fully saturated rings. The molecule has 0 amide bonds. The highest BCUT2D eigenvalue weighted by atomic mass is 16.4. The van der Waals surface area contributed by atoms with Crippen LogP contribution in [0.3, 0.4) is 0 Å². The van der Waals surface area contributed by atoms with Crippen LogP contribution in [-0.4, -0.2) is 30.7 Å². The zero-order valence-corrected chi connectivity index (χ0v) is 7.71. The third-order valence-electron chi connectivity index (χ3n) is 2.09. The predicted molar refractivity (Wildman–Crippen MR) is 47.9 cm³/mol. The summed E-state index contributed by atoms with van der Waals surface area (Å²) in [4.78, 5) is 10.1. The van der Waals surface area contributed by atoms with Crippen LogP contribution in [0.5, 0.6) is 0 Å². The Morgan fingerprint density at radius 2 is 2.08 bits per heavy atom. The normalized spacial score (nSPS) is 15.6. The van der Waals surface area contributed by atoms with Crippen LogP contribution in [0.2, 0.25) is 0 Å². The number of carboxylic acids is 1. The van der Waals surface area contributed by atoms with Gasteiger partial charge in [-0.15, -0.1) is 0 Å². The highest BCUT2D eigenvalue weighted by molar-refractivity contribution is 5.68. The lowest BCUT2D eigenvalue weighted by Gasteiger charge is -2.17. The van der Waals surface area contributed by atoms with Crippen LogP contribution in [0.25, 0.3) is 0 Å². The van der Waals surface area contributed by atoms with Crippen molar-refractivity contribution in [3.8, 4) is 0 Å². The Bertz CT molecular complexity index is 139. The molecule has 12 heavy (non-hydrogen) atoms. The summed E-state index contributed by atoms with van der Waals surface area (Å²) >= 11 is 0. The molecule has 0 heterocycles. The molecule has 0 aromatic rings. The number of aliphatic carboxylic acids is 1. The molecule has 72 valence electrons. The first-order valence-corrected chi connectivity index (χ1v) is 4.20. The van der Waals surface area contributed by atoms with E-state index in [1.165, 1.54) is 0 Å².